The third-order valence-electron chi connectivity index (χ3n) is 4.04. The molecule has 3 atom stereocenters. The van der Waals surface area contributed by atoms with Crippen LogP contribution in [0.15, 0.2) is 12.4 Å². The summed E-state index contributed by atoms with van der Waals surface area (Å²) < 4.78 is 1.87. The molecule has 0 spiro atoms. The fourth-order valence-electron chi connectivity index (χ4n) is 3.13. The van der Waals surface area contributed by atoms with E-state index in [4.69, 9.17) is 0 Å². The molecule has 18 heavy (non-hydrogen) atoms. The smallest absolute Gasteiger partial charge is 0.224 e. The zero-order chi connectivity index (χ0) is 12.5. The molecule has 1 aromatic rings. The maximum absolute atomic E-state index is 12.0. The standard InChI is InChI=1S/C13H20N4O/c1-9-7-15-17(8-9)5-4-14-13(18)11-6-10-2-3-12(11)16-10/h7-8,10-12,16H,2-6H2,1H3,(H,14,18). The van der Waals surface area contributed by atoms with Crippen molar-refractivity contribution in [2.75, 3.05) is 6.54 Å². The van der Waals surface area contributed by atoms with Crippen molar-refractivity contribution in [1.29, 1.82) is 0 Å². The van der Waals surface area contributed by atoms with Crippen LogP contribution in [0.5, 0.6) is 0 Å². The number of carbonyl (C=O) groups is 1. The first-order valence-corrected chi connectivity index (χ1v) is 6.75. The lowest BCUT2D eigenvalue weighted by Gasteiger charge is -2.19. The highest BCUT2D eigenvalue weighted by molar-refractivity contribution is 5.80. The lowest BCUT2D eigenvalue weighted by molar-refractivity contribution is -0.125. The summed E-state index contributed by atoms with van der Waals surface area (Å²) in [6.45, 7) is 3.42. The van der Waals surface area contributed by atoms with Gasteiger partial charge < -0.3 is 10.6 Å². The zero-order valence-electron chi connectivity index (χ0n) is 10.7. The average molecular weight is 248 g/mol. The third-order valence-corrected chi connectivity index (χ3v) is 4.04. The molecule has 5 nitrogen and oxygen atoms in total. The molecule has 98 valence electrons. The summed E-state index contributed by atoms with van der Waals surface area (Å²) >= 11 is 0. The Labute approximate surface area is 107 Å². The molecular weight excluding hydrogens is 228 g/mol. The van der Waals surface area contributed by atoms with Gasteiger partial charge in [-0.2, -0.15) is 5.10 Å². The van der Waals surface area contributed by atoms with Crippen molar-refractivity contribution in [3.63, 3.8) is 0 Å². The summed E-state index contributed by atoms with van der Waals surface area (Å²) in [6, 6.07) is 1.00. The van der Waals surface area contributed by atoms with Gasteiger partial charge in [-0.15, -0.1) is 0 Å². The van der Waals surface area contributed by atoms with Crippen LogP contribution in [-0.4, -0.2) is 34.3 Å². The highest BCUT2D eigenvalue weighted by Crippen LogP contribution is 2.33. The van der Waals surface area contributed by atoms with Gasteiger partial charge >= 0.3 is 0 Å². The van der Waals surface area contributed by atoms with E-state index >= 15 is 0 Å². The summed E-state index contributed by atoms with van der Waals surface area (Å²) in [6.07, 6.45) is 7.23. The third kappa shape index (κ3) is 2.27. The number of fused-ring (bicyclic) bond motifs is 2. The molecule has 5 heteroatoms. The monoisotopic (exact) mass is 248 g/mol. The van der Waals surface area contributed by atoms with E-state index in [2.05, 4.69) is 15.7 Å². The Morgan fingerprint density at radius 2 is 2.50 bits per heavy atom. The quantitative estimate of drug-likeness (QED) is 0.813. The molecule has 2 aliphatic rings. The van der Waals surface area contributed by atoms with Crippen molar-refractivity contribution in [2.24, 2.45) is 5.92 Å². The van der Waals surface area contributed by atoms with Crippen LogP contribution in [-0.2, 0) is 11.3 Å². The van der Waals surface area contributed by atoms with Crippen molar-refractivity contribution in [3.8, 4) is 0 Å². The predicted octanol–water partition coefficient (Wildman–Crippen LogP) is 0.448. The molecule has 0 aliphatic carbocycles. The SMILES string of the molecule is Cc1cnn(CCNC(=O)C2CC3CCC2N3)c1. The number of hydrogen-bond donors (Lipinski definition) is 2. The normalized spacial score (nSPS) is 29.7. The van der Waals surface area contributed by atoms with E-state index < -0.39 is 0 Å². The highest BCUT2D eigenvalue weighted by Gasteiger charge is 2.42. The Hall–Kier alpha value is -1.36. The van der Waals surface area contributed by atoms with Crippen molar-refractivity contribution in [1.82, 2.24) is 20.4 Å². The lowest BCUT2D eigenvalue weighted by atomic mass is 9.88. The van der Waals surface area contributed by atoms with E-state index in [0.29, 0.717) is 18.6 Å². The molecule has 3 rings (SSSR count). The fraction of sp³-hybridized carbons (Fsp3) is 0.692. The first kappa shape index (κ1) is 11.7. The fourth-order valence-corrected chi connectivity index (χ4v) is 3.13. The van der Waals surface area contributed by atoms with Crippen molar-refractivity contribution >= 4 is 5.91 Å². The van der Waals surface area contributed by atoms with Gasteiger partial charge in [-0.3, -0.25) is 9.48 Å². The van der Waals surface area contributed by atoms with Crippen LogP contribution >= 0.6 is 0 Å². The summed E-state index contributed by atoms with van der Waals surface area (Å²) in [5.74, 6) is 0.390. The first-order chi connectivity index (χ1) is 8.72. The molecule has 0 aromatic carbocycles. The number of carbonyl (C=O) groups excluding carboxylic acids is 1. The van der Waals surface area contributed by atoms with Crippen molar-refractivity contribution in [3.05, 3.63) is 18.0 Å². The number of aromatic nitrogens is 2. The Morgan fingerprint density at radius 1 is 1.61 bits per heavy atom. The maximum atomic E-state index is 12.0. The van der Waals surface area contributed by atoms with Gasteiger partial charge in [0.2, 0.25) is 5.91 Å². The molecule has 0 radical (unpaired) electrons. The van der Waals surface area contributed by atoms with Crippen LogP contribution in [0, 0.1) is 12.8 Å². The molecule has 1 amide bonds. The molecule has 2 fully saturated rings. The number of nitrogens with one attached hydrogen (secondary N) is 2. The van der Waals surface area contributed by atoms with E-state index in [1.165, 1.54) is 6.42 Å². The minimum Gasteiger partial charge on any atom is -0.354 e. The van der Waals surface area contributed by atoms with Crippen LogP contribution in [0.1, 0.15) is 24.8 Å². The van der Waals surface area contributed by atoms with Gasteiger partial charge in [-0.1, -0.05) is 0 Å². The number of nitrogens with zero attached hydrogens (tertiary/aromatic N) is 2. The summed E-state index contributed by atoms with van der Waals surface area (Å²) in [5, 5.41) is 10.7. The minimum atomic E-state index is 0.183. The van der Waals surface area contributed by atoms with E-state index in [1.54, 1.807) is 0 Å². The van der Waals surface area contributed by atoms with Gasteiger partial charge in [0, 0.05) is 24.8 Å². The highest BCUT2D eigenvalue weighted by atomic mass is 16.1. The zero-order valence-corrected chi connectivity index (χ0v) is 10.7. The molecule has 2 aliphatic heterocycles. The number of amides is 1. The molecule has 2 N–H and O–H groups in total. The lowest BCUT2D eigenvalue weighted by Crippen LogP contribution is -2.38. The predicted molar refractivity (Wildman–Crippen MR) is 68.0 cm³/mol. The maximum Gasteiger partial charge on any atom is 0.224 e. The Kier molecular flexibility index (Phi) is 3.07. The summed E-state index contributed by atoms with van der Waals surface area (Å²) in [4.78, 5) is 12.0. The van der Waals surface area contributed by atoms with Crippen molar-refractivity contribution in [2.45, 2.75) is 44.8 Å². The molecule has 2 bridgehead atoms. The Morgan fingerprint density at radius 3 is 3.11 bits per heavy atom. The summed E-state index contributed by atoms with van der Waals surface area (Å²) in [5.41, 5.74) is 1.15. The molecule has 1 aromatic heterocycles. The first-order valence-electron chi connectivity index (χ1n) is 6.75. The number of rotatable bonds is 4. The molecule has 3 heterocycles. The number of hydrogen-bond acceptors (Lipinski definition) is 3. The van der Waals surface area contributed by atoms with Crippen LogP contribution < -0.4 is 10.6 Å². The molecule has 2 saturated heterocycles. The summed E-state index contributed by atoms with van der Waals surface area (Å²) in [7, 11) is 0. The van der Waals surface area contributed by atoms with Crippen LogP contribution in [0.25, 0.3) is 0 Å². The molecular formula is C13H20N4O. The minimum absolute atomic E-state index is 0.183. The van der Waals surface area contributed by atoms with E-state index in [-0.39, 0.29) is 11.8 Å². The van der Waals surface area contributed by atoms with E-state index in [1.807, 2.05) is 24.0 Å². The van der Waals surface area contributed by atoms with Crippen molar-refractivity contribution < 1.29 is 4.79 Å². The van der Waals surface area contributed by atoms with Gasteiger partial charge in [-0.05, 0) is 31.7 Å². The topological polar surface area (TPSA) is 59.0 Å². The molecule has 0 saturated carbocycles. The van der Waals surface area contributed by atoms with E-state index in [0.717, 1.165) is 24.9 Å². The van der Waals surface area contributed by atoms with Gasteiger partial charge in [0.15, 0.2) is 0 Å². The van der Waals surface area contributed by atoms with Gasteiger partial charge in [0.25, 0.3) is 0 Å². The Bertz CT molecular complexity index is 442. The Balaban J connectivity index is 1.44. The van der Waals surface area contributed by atoms with E-state index in [9.17, 15) is 4.79 Å². The van der Waals surface area contributed by atoms with Gasteiger partial charge in [-0.25, -0.2) is 0 Å². The largest absolute Gasteiger partial charge is 0.354 e. The molecule has 3 unspecified atom stereocenters. The second-order valence-electron chi connectivity index (χ2n) is 5.46. The van der Waals surface area contributed by atoms with Crippen LogP contribution in [0.3, 0.4) is 0 Å². The average Bonchev–Trinajstić information content (AvgIpc) is 3.05. The van der Waals surface area contributed by atoms with Crippen LogP contribution in [0.2, 0.25) is 0 Å². The second kappa shape index (κ2) is 4.72. The van der Waals surface area contributed by atoms with Gasteiger partial charge in [0.05, 0.1) is 18.7 Å². The van der Waals surface area contributed by atoms with Crippen LogP contribution in [0.4, 0.5) is 0 Å². The van der Waals surface area contributed by atoms with Gasteiger partial charge in [0.1, 0.15) is 0 Å². The number of aryl methyl sites for hydroxylation is 1. The second-order valence-corrected chi connectivity index (χ2v) is 5.46.